The second-order valence-electron chi connectivity index (χ2n) is 17.2. The number of nitrogens with zero attached hydrogens (tertiary/aromatic N) is 4. The van der Waals surface area contributed by atoms with Crippen molar-refractivity contribution in [3.05, 3.63) is 192 Å². The number of anilines is 6. The SMILES string of the molecule is CCc1cc(N(c2ccc(C#N)cc2)c2ccc3ccccc3c2)c2cc3c4c(cc(N(c5ccc(C#N)cc5)c5ccc6ccccc6c5)c5ccc1c2c54)CCC3(C)C. The number of hydrogen-bond acceptors (Lipinski definition) is 4. The third-order valence-corrected chi connectivity index (χ3v) is 13.2. The summed E-state index contributed by atoms with van der Waals surface area (Å²) in [5.74, 6) is 0. The Bertz CT molecular complexity index is 3460. The molecule has 61 heavy (non-hydrogen) atoms. The lowest BCUT2D eigenvalue weighted by molar-refractivity contribution is 0.475. The molecule has 0 aromatic heterocycles. The predicted molar refractivity (Wildman–Crippen MR) is 255 cm³/mol. The van der Waals surface area contributed by atoms with Crippen LogP contribution in [0, 0.1) is 22.7 Å². The molecule has 0 spiro atoms. The molecule has 0 atom stereocenters. The van der Waals surface area contributed by atoms with Crippen LogP contribution >= 0.6 is 0 Å². The first-order chi connectivity index (χ1) is 29.8. The topological polar surface area (TPSA) is 54.1 Å². The van der Waals surface area contributed by atoms with Crippen molar-refractivity contribution in [1.29, 1.82) is 10.5 Å². The molecule has 0 amide bonds. The monoisotopic (exact) mass is 782 g/mol. The zero-order chi connectivity index (χ0) is 41.4. The summed E-state index contributed by atoms with van der Waals surface area (Å²) >= 11 is 0. The number of fused-ring (bicyclic) bond motifs is 2. The van der Waals surface area contributed by atoms with E-state index < -0.39 is 0 Å². The van der Waals surface area contributed by atoms with Crippen LogP contribution in [0.4, 0.5) is 34.1 Å². The van der Waals surface area contributed by atoms with Crippen LogP contribution in [0.2, 0.25) is 0 Å². The van der Waals surface area contributed by atoms with Crippen molar-refractivity contribution in [3.8, 4) is 12.1 Å². The van der Waals surface area contributed by atoms with Crippen molar-refractivity contribution in [2.24, 2.45) is 0 Å². The highest BCUT2D eigenvalue weighted by Crippen LogP contribution is 2.54. The molecule has 0 heterocycles. The zero-order valence-corrected chi connectivity index (χ0v) is 34.5. The molecule has 10 aromatic rings. The van der Waals surface area contributed by atoms with Crippen molar-refractivity contribution >= 4 is 88.0 Å². The van der Waals surface area contributed by atoms with Gasteiger partial charge in [-0.05, 0) is 170 Å². The Balaban J connectivity index is 1.26. The average molecular weight is 783 g/mol. The maximum atomic E-state index is 9.82. The van der Waals surface area contributed by atoms with Crippen LogP contribution in [0.25, 0.3) is 53.9 Å². The fourth-order valence-corrected chi connectivity index (χ4v) is 10.0. The molecule has 0 saturated carbocycles. The summed E-state index contributed by atoms with van der Waals surface area (Å²) in [5, 5.41) is 32.0. The predicted octanol–water partition coefficient (Wildman–Crippen LogP) is 15.4. The summed E-state index contributed by atoms with van der Waals surface area (Å²) in [5.41, 5.74) is 11.7. The lowest BCUT2D eigenvalue weighted by Gasteiger charge is -2.37. The van der Waals surface area contributed by atoms with Gasteiger partial charge in [0, 0.05) is 38.9 Å². The van der Waals surface area contributed by atoms with Crippen LogP contribution in [-0.4, -0.2) is 0 Å². The lowest BCUT2D eigenvalue weighted by Crippen LogP contribution is -2.24. The van der Waals surface area contributed by atoms with Gasteiger partial charge in [0.15, 0.2) is 0 Å². The normalized spacial score (nSPS) is 13.2. The molecule has 290 valence electrons. The number of aryl methyl sites for hydroxylation is 2. The van der Waals surface area contributed by atoms with E-state index in [0.717, 1.165) is 53.4 Å². The lowest BCUT2D eigenvalue weighted by atomic mass is 9.70. The van der Waals surface area contributed by atoms with Crippen molar-refractivity contribution in [1.82, 2.24) is 0 Å². The van der Waals surface area contributed by atoms with E-state index in [1.165, 1.54) is 70.6 Å². The molecule has 11 rings (SSSR count). The van der Waals surface area contributed by atoms with E-state index in [-0.39, 0.29) is 5.41 Å². The van der Waals surface area contributed by atoms with E-state index in [1.54, 1.807) is 0 Å². The maximum absolute atomic E-state index is 9.82. The second kappa shape index (κ2) is 14.0. The minimum atomic E-state index is -0.0601. The van der Waals surface area contributed by atoms with Crippen molar-refractivity contribution in [3.63, 3.8) is 0 Å². The van der Waals surface area contributed by atoms with E-state index >= 15 is 0 Å². The van der Waals surface area contributed by atoms with Crippen LogP contribution in [0.15, 0.2) is 164 Å². The Hall–Kier alpha value is -7.66. The molecule has 0 N–H and O–H groups in total. The Labute approximate surface area is 356 Å². The molecule has 0 saturated heterocycles. The molecule has 1 aliphatic rings. The van der Waals surface area contributed by atoms with E-state index in [0.29, 0.717) is 11.1 Å². The van der Waals surface area contributed by atoms with E-state index in [9.17, 15) is 10.5 Å². The first-order valence-corrected chi connectivity index (χ1v) is 21.2. The highest BCUT2D eigenvalue weighted by atomic mass is 15.1. The molecular weight excluding hydrogens is 741 g/mol. The molecule has 0 fully saturated rings. The molecule has 0 unspecified atom stereocenters. The van der Waals surface area contributed by atoms with Crippen molar-refractivity contribution in [2.45, 2.75) is 45.4 Å². The fourth-order valence-electron chi connectivity index (χ4n) is 10.0. The third-order valence-electron chi connectivity index (χ3n) is 13.2. The van der Waals surface area contributed by atoms with Gasteiger partial charge < -0.3 is 9.80 Å². The molecule has 0 aliphatic heterocycles. The van der Waals surface area contributed by atoms with Crippen LogP contribution in [0.3, 0.4) is 0 Å². The standard InChI is InChI=1S/C57H42N4/c1-4-38-31-53(61(45-21-15-37(35-59)16-22-45)47-24-18-40-10-6-8-12-42(40)30-47)50-33-51-54-43(27-28-57(51,2)3)32-52(49-26-25-48(38)55(50)56(49)54)60(44-19-13-36(34-58)14-20-44)46-23-17-39-9-5-7-11-41(39)29-46/h5-26,29-33H,4,27-28H2,1-3H3. The summed E-state index contributed by atoms with van der Waals surface area (Å²) in [4.78, 5) is 4.80. The third kappa shape index (κ3) is 5.79. The number of rotatable bonds is 7. The van der Waals surface area contributed by atoms with Gasteiger partial charge in [-0.2, -0.15) is 10.5 Å². The van der Waals surface area contributed by atoms with E-state index in [1.807, 2.05) is 24.3 Å². The molecule has 4 heteroatoms. The summed E-state index contributed by atoms with van der Waals surface area (Å²) < 4.78 is 0. The van der Waals surface area contributed by atoms with E-state index in [2.05, 4.69) is 182 Å². The van der Waals surface area contributed by atoms with Gasteiger partial charge in [-0.25, -0.2) is 0 Å². The Morgan fingerprint density at radius 3 is 1.54 bits per heavy atom. The van der Waals surface area contributed by atoms with Gasteiger partial charge in [0.2, 0.25) is 0 Å². The van der Waals surface area contributed by atoms with Crippen LogP contribution in [-0.2, 0) is 18.3 Å². The molecule has 10 aromatic carbocycles. The first kappa shape index (κ1) is 36.4. The van der Waals surface area contributed by atoms with Gasteiger partial charge in [0.05, 0.1) is 34.6 Å². The number of nitriles is 2. The summed E-state index contributed by atoms with van der Waals surface area (Å²) in [6.07, 6.45) is 2.87. The highest BCUT2D eigenvalue weighted by molar-refractivity contribution is 6.30. The van der Waals surface area contributed by atoms with Crippen molar-refractivity contribution in [2.75, 3.05) is 9.80 Å². The van der Waals surface area contributed by atoms with Gasteiger partial charge in [-0.1, -0.05) is 93.6 Å². The van der Waals surface area contributed by atoms with Gasteiger partial charge in [-0.3, -0.25) is 0 Å². The Morgan fingerprint density at radius 2 is 1.00 bits per heavy atom. The maximum Gasteiger partial charge on any atom is 0.0991 e. The minimum Gasteiger partial charge on any atom is -0.310 e. The van der Waals surface area contributed by atoms with Gasteiger partial charge in [-0.15, -0.1) is 0 Å². The Kier molecular flexibility index (Phi) is 8.35. The molecule has 0 radical (unpaired) electrons. The largest absolute Gasteiger partial charge is 0.310 e. The van der Waals surface area contributed by atoms with Crippen LogP contribution in [0.1, 0.15) is 55.0 Å². The smallest absolute Gasteiger partial charge is 0.0991 e. The summed E-state index contributed by atoms with van der Waals surface area (Å²) in [7, 11) is 0. The number of hydrogen-bond donors (Lipinski definition) is 0. The zero-order valence-electron chi connectivity index (χ0n) is 34.5. The summed E-state index contributed by atoms with van der Waals surface area (Å²) in [6, 6.07) is 63.3. The van der Waals surface area contributed by atoms with E-state index in [4.69, 9.17) is 0 Å². The van der Waals surface area contributed by atoms with Crippen molar-refractivity contribution < 1.29 is 0 Å². The van der Waals surface area contributed by atoms with Gasteiger partial charge in [0.1, 0.15) is 0 Å². The Morgan fingerprint density at radius 1 is 0.492 bits per heavy atom. The second-order valence-corrected chi connectivity index (χ2v) is 17.2. The molecule has 1 aliphatic carbocycles. The van der Waals surface area contributed by atoms with Gasteiger partial charge >= 0.3 is 0 Å². The first-order valence-electron chi connectivity index (χ1n) is 21.2. The average Bonchev–Trinajstić information content (AvgIpc) is 3.30. The molecule has 0 bridgehead atoms. The number of benzene rings is 10. The fraction of sp³-hybridized carbons (Fsp3) is 0.123. The highest BCUT2D eigenvalue weighted by Gasteiger charge is 2.33. The van der Waals surface area contributed by atoms with Crippen LogP contribution in [0.5, 0.6) is 0 Å². The summed E-state index contributed by atoms with van der Waals surface area (Å²) in [6.45, 7) is 7.08. The van der Waals surface area contributed by atoms with Crippen LogP contribution < -0.4 is 9.80 Å². The molecular formula is C57H42N4. The van der Waals surface area contributed by atoms with Gasteiger partial charge in [0.25, 0.3) is 0 Å². The molecule has 4 nitrogen and oxygen atoms in total. The minimum absolute atomic E-state index is 0.0601. The quantitative estimate of drug-likeness (QED) is 0.151.